The van der Waals surface area contributed by atoms with Crippen molar-refractivity contribution in [1.29, 1.82) is 0 Å². The van der Waals surface area contributed by atoms with Crippen molar-refractivity contribution in [3.63, 3.8) is 0 Å². The van der Waals surface area contributed by atoms with Crippen LogP contribution in [0.1, 0.15) is 25.5 Å². The Kier molecular flexibility index (Phi) is 5.43. The number of aryl methyl sites for hydroxylation is 1. The molecule has 2 rings (SSSR count). The first-order chi connectivity index (χ1) is 9.94. The average Bonchev–Trinajstić information content (AvgIpc) is 3.07. The molecule has 2 N–H and O–H groups in total. The maximum absolute atomic E-state index is 12.4. The van der Waals surface area contributed by atoms with E-state index in [9.17, 15) is 8.42 Å². The fourth-order valence-electron chi connectivity index (χ4n) is 2.71. The van der Waals surface area contributed by atoms with Crippen molar-refractivity contribution in [1.82, 2.24) is 19.5 Å². The van der Waals surface area contributed by atoms with E-state index in [1.165, 1.54) is 12.8 Å². The minimum atomic E-state index is -3.43. The van der Waals surface area contributed by atoms with Gasteiger partial charge >= 0.3 is 0 Å². The zero-order valence-electron chi connectivity index (χ0n) is 13.1. The highest BCUT2D eigenvalue weighted by Gasteiger charge is 2.22. The summed E-state index contributed by atoms with van der Waals surface area (Å²) < 4.78 is 29.3. The molecule has 0 radical (unpaired) electrons. The molecule has 2 heterocycles. The molecular formula is C14H26N4O2S. The van der Waals surface area contributed by atoms with Crippen LogP contribution in [-0.4, -0.2) is 50.6 Å². The van der Waals surface area contributed by atoms with Crippen molar-refractivity contribution >= 4 is 10.0 Å². The molecule has 1 unspecified atom stereocenters. The summed E-state index contributed by atoms with van der Waals surface area (Å²) in [6.07, 6.45) is 4.09. The van der Waals surface area contributed by atoms with Gasteiger partial charge in [0.2, 0.25) is 10.0 Å². The lowest BCUT2D eigenvalue weighted by atomic mass is 10.3. The normalized spacial score (nSPS) is 18.2. The standard InChI is InChI=1S/C14H26N4O2S/c1-12(18-6-4-5-7-18)9-16-21(19,20)14-8-13(10-15-2)17(3)11-14/h8,11-12,15-16H,4-7,9-10H2,1-3H3. The summed E-state index contributed by atoms with van der Waals surface area (Å²) in [5.41, 5.74) is 0.950. The van der Waals surface area contributed by atoms with E-state index >= 15 is 0 Å². The molecule has 0 amide bonds. The van der Waals surface area contributed by atoms with E-state index in [0.717, 1.165) is 18.8 Å². The highest BCUT2D eigenvalue weighted by molar-refractivity contribution is 7.89. The Labute approximate surface area is 127 Å². The molecule has 1 atom stereocenters. The number of likely N-dealkylation sites (tertiary alicyclic amines) is 1. The second kappa shape index (κ2) is 6.91. The summed E-state index contributed by atoms with van der Waals surface area (Å²) in [6.45, 7) is 5.32. The fourth-order valence-corrected chi connectivity index (χ4v) is 3.92. The number of nitrogens with one attached hydrogen (secondary N) is 2. The van der Waals surface area contributed by atoms with Crippen molar-refractivity contribution in [2.24, 2.45) is 7.05 Å². The molecule has 0 bridgehead atoms. The maximum atomic E-state index is 12.4. The Morgan fingerprint density at radius 3 is 2.62 bits per heavy atom. The van der Waals surface area contributed by atoms with E-state index in [4.69, 9.17) is 0 Å². The lowest BCUT2D eigenvalue weighted by Crippen LogP contribution is -2.40. The summed E-state index contributed by atoms with van der Waals surface area (Å²) in [6, 6.07) is 1.96. The lowest BCUT2D eigenvalue weighted by Gasteiger charge is -2.23. The highest BCUT2D eigenvalue weighted by Crippen LogP contribution is 2.15. The van der Waals surface area contributed by atoms with Crippen molar-refractivity contribution in [2.75, 3.05) is 26.7 Å². The van der Waals surface area contributed by atoms with Crippen LogP contribution in [0, 0.1) is 0 Å². The van der Waals surface area contributed by atoms with Gasteiger partial charge in [0, 0.05) is 38.1 Å². The van der Waals surface area contributed by atoms with Crippen LogP contribution >= 0.6 is 0 Å². The van der Waals surface area contributed by atoms with Crippen molar-refractivity contribution in [3.8, 4) is 0 Å². The van der Waals surface area contributed by atoms with Crippen LogP contribution in [0.15, 0.2) is 17.2 Å². The number of hydrogen-bond acceptors (Lipinski definition) is 4. The predicted molar refractivity (Wildman–Crippen MR) is 83.6 cm³/mol. The molecule has 21 heavy (non-hydrogen) atoms. The number of sulfonamides is 1. The van der Waals surface area contributed by atoms with Gasteiger partial charge in [-0.25, -0.2) is 13.1 Å². The van der Waals surface area contributed by atoms with E-state index < -0.39 is 10.0 Å². The summed E-state index contributed by atoms with van der Waals surface area (Å²) in [5, 5.41) is 3.03. The van der Waals surface area contributed by atoms with Crippen molar-refractivity contribution in [3.05, 3.63) is 18.0 Å². The monoisotopic (exact) mass is 314 g/mol. The van der Waals surface area contributed by atoms with Crippen LogP contribution in [0.25, 0.3) is 0 Å². The molecule has 1 aliphatic heterocycles. The van der Waals surface area contributed by atoms with Gasteiger partial charge < -0.3 is 9.88 Å². The molecule has 0 saturated carbocycles. The van der Waals surface area contributed by atoms with Gasteiger partial charge in [0.05, 0.1) is 4.90 Å². The molecule has 1 aliphatic rings. The largest absolute Gasteiger partial charge is 0.352 e. The van der Waals surface area contributed by atoms with Gasteiger partial charge in [0.15, 0.2) is 0 Å². The molecular weight excluding hydrogens is 288 g/mol. The van der Waals surface area contributed by atoms with Gasteiger partial charge in [-0.3, -0.25) is 4.90 Å². The molecule has 1 aromatic heterocycles. The first-order valence-electron chi connectivity index (χ1n) is 7.47. The zero-order chi connectivity index (χ0) is 15.5. The molecule has 0 spiro atoms. The zero-order valence-corrected chi connectivity index (χ0v) is 13.9. The Hall–Kier alpha value is -0.890. The van der Waals surface area contributed by atoms with Gasteiger partial charge in [-0.2, -0.15) is 0 Å². The Morgan fingerprint density at radius 2 is 2.00 bits per heavy atom. The third-order valence-electron chi connectivity index (χ3n) is 4.08. The molecule has 6 nitrogen and oxygen atoms in total. The van der Waals surface area contributed by atoms with Gasteiger partial charge in [-0.1, -0.05) is 0 Å². The number of rotatable bonds is 7. The van der Waals surface area contributed by atoms with Crippen molar-refractivity contribution < 1.29 is 8.42 Å². The molecule has 1 saturated heterocycles. The molecule has 1 aromatic rings. The van der Waals surface area contributed by atoms with Crippen LogP contribution in [0.4, 0.5) is 0 Å². The minimum absolute atomic E-state index is 0.239. The van der Waals surface area contributed by atoms with Gasteiger partial charge in [-0.15, -0.1) is 0 Å². The summed E-state index contributed by atoms with van der Waals surface area (Å²) in [4.78, 5) is 2.67. The van der Waals surface area contributed by atoms with Gasteiger partial charge in [0.25, 0.3) is 0 Å². The topological polar surface area (TPSA) is 66.4 Å². The SMILES string of the molecule is CNCc1cc(S(=O)(=O)NCC(C)N2CCCC2)cn1C. The molecule has 0 aliphatic carbocycles. The minimum Gasteiger partial charge on any atom is -0.352 e. The molecule has 7 heteroatoms. The van der Waals surface area contributed by atoms with Crippen LogP contribution in [0.2, 0.25) is 0 Å². The number of hydrogen-bond donors (Lipinski definition) is 2. The second-order valence-electron chi connectivity index (χ2n) is 5.75. The number of nitrogens with zero attached hydrogens (tertiary/aromatic N) is 2. The highest BCUT2D eigenvalue weighted by atomic mass is 32.2. The summed E-state index contributed by atoms with van der Waals surface area (Å²) >= 11 is 0. The third kappa shape index (κ3) is 4.06. The summed E-state index contributed by atoms with van der Waals surface area (Å²) in [5.74, 6) is 0. The van der Waals surface area contributed by atoms with E-state index in [-0.39, 0.29) is 6.04 Å². The quantitative estimate of drug-likeness (QED) is 0.769. The lowest BCUT2D eigenvalue weighted by molar-refractivity contribution is 0.260. The summed E-state index contributed by atoms with van der Waals surface area (Å²) in [7, 11) is 0.274. The smallest absolute Gasteiger partial charge is 0.242 e. The molecule has 120 valence electrons. The fraction of sp³-hybridized carbons (Fsp3) is 0.714. The van der Waals surface area contributed by atoms with Crippen molar-refractivity contribution in [2.45, 2.75) is 37.2 Å². The van der Waals surface area contributed by atoms with E-state index in [0.29, 0.717) is 18.0 Å². The maximum Gasteiger partial charge on any atom is 0.242 e. The Bertz CT molecular complexity index is 562. The molecule has 1 fully saturated rings. The van der Waals surface area contributed by atoms with E-state index in [2.05, 4.69) is 21.9 Å². The van der Waals surface area contributed by atoms with Crippen LogP contribution in [0.5, 0.6) is 0 Å². The first-order valence-corrected chi connectivity index (χ1v) is 8.96. The Balaban J connectivity index is 1.99. The number of aromatic nitrogens is 1. The van der Waals surface area contributed by atoms with Gasteiger partial charge in [-0.05, 0) is 46.0 Å². The predicted octanol–water partition coefficient (Wildman–Crippen LogP) is 0.507. The second-order valence-corrected chi connectivity index (χ2v) is 7.52. The van der Waals surface area contributed by atoms with Crippen LogP contribution < -0.4 is 10.0 Å². The van der Waals surface area contributed by atoms with E-state index in [1.54, 1.807) is 12.3 Å². The molecule has 0 aromatic carbocycles. The van der Waals surface area contributed by atoms with Crippen LogP contribution in [-0.2, 0) is 23.6 Å². The Morgan fingerprint density at radius 1 is 1.33 bits per heavy atom. The average molecular weight is 314 g/mol. The van der Waals surface area contributed by atoms with E-state index in [1.807, 2.05) is 18.7 Å². The van der Waals surface area contributed by atoms with Gasteiger partial charge in [0.1, 0.15) is 0 Å². The first kappa shape index (κ1) is 16.5. The third-order valence-corrected chi connectivity index (χ3v) is 5.47. The van der Waals surface area contributed by atoms with Crippen LogP contribution in [0.3, 0.4) is 0 Å².